The molecule has 1 aromatic heterocycles. The Morgan fingerprint density at radius 2 is 2.06 bits per heavy atom. The van der Waals surface area contributed by atoms with Crippen LogP contribution in [0.25, 0.3) is 10.9 Å². The maximum Gasteiger partial charge on any atom is 0.268 e. The summed E-state index contributed by atoms with van der Waals surface area (Å²) in [6.45, 7) is 7.05. The van der Waals surface area contributed by atoms with E-state index in [1.54, 1.807) is 0 Å². The summed E-state index contributed by atoms with van der Waals surface area (Å²) in [4.78, 5) is 11.9. The molecule has 0 unspecified atom stereocenters. The molecule has 0 aliphatic carbocycles. The average molecular weight is 228 g/mol. The smallest absolute Gasteiger partial charge is 0.268 e. The third-order valence-electron chi connectivity index (χ3n) is 3.54. The number of rotatable bonds is 0. The monoisotopic (exact) mass is 228 g/mol. The summed E-state index contributed by atoms with van der Waals surface area (Å²) in [5.41, 5.74) is 4.45. The Morgan fingerprint density at radius 1 is 1.29 bits per heavy atom. The van der Waals surface area contributed by atoms with Gasteiger partial charge >= 0.3 is 0 Å². The number of amides is 1. The summed E-state index contributed by atoms with van der Waals surface area (Å²) >= 11 is 0. The molecule has 0 spiro atoms. The summed E-state index contributed by atoms with van der Waals surface area (Å²) in [7, 11) is 0. The number of carbonyl (C=O) groups is 1. The third-order valence-corrected chi connectivity index (χ3v) is 3.54. The minimum atomic E-state index is 0.0383. The summed E-state index contributed by atoms with van der Waals surface area (Å²) in [5.74, 6) is 0.0383. The number of carbonyl (C=O) groups excluding carboxylic acids is 1. The Balaban J connectivity index is 2.42. The predicted molar refractivity (Wildman–Crippen MR) is 68.5 cm³/mol. The molecule has 17 heavy (non-hydrogen) atoms. The van der Waals surface area contributed by atoms with E-state index in [-0.39, 0.29) is 5.91 Å². The number of hydrogen-bond acceptors (Lipinski definition) is 1. The van der Waals surface area contributed by atoms with Crippen LogP contribution in [0.2, 0.25) is 0 Å². The van der Waals surface area contributed by atoms with E-state index in [9.17, 15) is 4.79 Å². The Hall–Kier alpha value is -1.77. The van der Waals surface area contributed by atoms with E-state index in [4.69, 9.17) is 0 Å². The lowest BCUT2D eigenvalue weighted by molar-refractivity contribution is 0.0919. The van der Waals surface area contributed by atoms with Crippen molar-refractivity contribution in [1.29, 1.82) is 0 Å². The van der Waals surface area contributed by atoms with Crippen molar-refractivity contribution < 1.29 is 4.79 Å². The van der Waals surface area contributed by atoms with Gasteiger partial charge in [0.05, 0.1) is 0 Å². The van der Waals surface area contributed by atoms with Gasteiger partial charge in [-0.1, -0.05) is 6.07 Å². The molecule has 1 atom stereocenters. The molecule has 1 N–H and O–H groups in total. The number of hydrogen-bond donors (Lipinski definition) is 1. The van der Waals surface area contributed by atoms with Crippen molar-refractivity contribution in [2.75, 3.05) is 6.54 Å². The SMILES string of the molecule is Cc1cc(C)c2cc3n(c2c1)[C@H](C)CNC3=O. The fraction of sp³-hybridized carbons (Fsp3) is 0.357. The average Bonchev–Trinajstić information content (AvgIpc) is 2.64. The lowest BCUT2D eigenvalue weighted by Gasteiger charge is -2.24. The highest BCUT2D eigenvalue weighted by Gasteiger charge is 2.24. The molecular formula is C14H16N2O. The van der Waals surface area contributed by atoms with Gasteiger partial charge < -0.3 is 9.88 Å². The van der Waals surface area contributed by atoms with E-state index < -0.39 is 0 Å². The second kappa shape index (κ2) is 3.36. The van der Waals surface area contributed by atoms with Gasteiger partial charge in [0.1, 0.15) is 5.69 Å². The molecule has 0 fully saturated rings. The lowest BCUT2D eigenvalue weighted by Crippen LogP contribution is -2.37. The summed E-state index contributed by atoms with van der Waals surface area (Å²) in [5, 5.41) is 4.11. The van der Waals surface area contributed by atoms with Crippen molar-refractivity contribution in [3.8, 4) is 0 Å². The van der Waals surface area contributed by atoms with E-state index in [0.717, 1.165) is 5.69 Å². The fourth-order valence-electron chi connectivity index (χ4n) is 2.75. The second-order valence-corrected chi connectivity index (χ2v) is 4.97. The molecule has 0 radical (unpaired) electrons. The first-order chi connectivity index (χ1) is 8.08. The zero-order valence-electron chi connectivity index (χ0n) is 10.4. The van der Waals surface area contributed by atoms with Gasteiger partial charge in [0.2, 0.25) is 0 Å². The number of aryl methyl sites for hydroxylation is 2. The van der Waals surface area contributed by atoms with Gasteiger partial charge in [-0.15, -0.1) is 0 Å². The van der Waals surface area contributed by atoms with E-state index >= 15 is 0 Å². The maximum atomic E-state index is 11.9. The van der Waals surface area contributed by atoms with Crippen LogP contribution in [-0.2, 0) is 0 Å². The quantitative estimate of drug-likeness (QED) is 0.738. The largest absolute Gasteiger partial charge is 0.349 e. The normalized spacial score (nSPS) is 19.2. The van der Waals surface area contributed by atoms with Gasteiger partial charge in [0, 0.05) is 23.5 Å². The first-order valence-corrected chi connectivity index (χ1v) is 5.98. The predicted octanol–water partition coefficient (Wildman–Crippen LogP) is 2.56. The maximum absolute atomic E-state index is 11.9. The number of fused-ring (bicyclic) bond motifs is 3. The number of benzene rings is 1. The van der Waals surface area contributed by atoms with E-state index in [2.05, 4.69) is 42.8 Å². The van der Waals surface area contributed by atoms with Gasteiger partial charge in [-0.2, -0.15) is 0 Å². The minimum absolute atomic E-state index is 0.0383. The van der Waals surface area contributed by atoms with Crippen molar-refractivity contribution in [3.63, 3.8) is 0 Å². The highest BCUT2D eigenvalue weighted by Crippen LogP contribution is 2.29. The Morgan fingerprint density at radius 3 is 2.82 bits per heavy atom. The third kappa shape index (κ3) is 1.38. The van der Waals surface area contributed by atoms with Gasteiger partial charge in [-0.25, -0.2) is 0 Å². The fourth-order valence-corrected chi connectivity index (χ4v) is 2.75. The summed E-state index contributed by atoms with van der Waals surface area (Å²) < 4.78 is 2.16. The van der Waals surface area contributed by atoms with Gasteiger partial charge in [-0.05, 0) is 44.0 Å². The van der Waals surface area contributed by atoms with Gasteiger partial charge in [0.25, 0.3) is 5.91 Å². The lowest BCUT2D eigenvalue weighted by atomic mass is 10.1. The van der Waals surface area contributed by atoms with Crippen LogP contribution in [0.3, 0.4) is 0 Å². The molecule has 3 rings (SSSR count). The molecule has 2 aromatic rings. The van der Waals surface area contributed by atoms with Crippen molar-refractivity contribution in [2.24, 2.45) is 0 Å². The van der Waals surface area contributed by atoms with Crippen molar-refractivity contribution >= 4 is 16.8 Å². The van der Waals surface area contributed by atoms with Crippen LogP contribution < -0.4 is 5.32 Å². The highest BCUT2D eigenvalue weighted by atomic mass is 16.2. The standard InChI is InChI=1S/C14H16N2O/c1-8-4-9(2)11-6-13-14(17)15-7-10(3)16(13)12(11)5-8/h4-6,10H,7H2,1-3H3,(H,15,17)/t10-/m1/s1. The van der Waals surface area contributed by atoms with Crippen LogP contribution in [-0.4, -0.2) is 17.0 Å². The molecule has 0 bridgehead atoms. The summed E-state index contributed by atoms with van der Waals surface area (Å²) in [6, 6.07) is 6.66. The van der Waals surface area contributed by atoms with E-state index in [0.29, 0.717) is 12.6 Å². The molecule has 0 saturated heterocycles. The Labute approximate surface area is 100 Å². The molecule has 1 aromatic carbocycles. The minimum Gasteiger partial charge on any atom is -0.349 e. The van der Waals surface area contributed by atoms with Crippen LogP contribution in [0.1, 0.15) is 34.6 Å². The number of nitrogens with zero attached hydrogens (tertiary/aromatic N) is 1. The first kappa shape index (κ1) is 10.4. The molecular weight excluding hydrogens is 212 g/mol. The second-order valence-electron chi connectivity index (χ2n) is 4.97. The molecule has 88 valence electrons. The van der Waals surface area contributed by atoms with Crippen LogP contribution in [0, 0.1) is 13.8 Å². The molecule has 1 amide bonds. The molecule has 3 nitrogen and oxygen atoms in total. The van der Waals surface area contributed by atoms with Crippen molar-refractivity contribution in [1.82, 2.24) is 9.88 Å². The molecule has 0 saturated carbocycles. The van der Waals surface area contributed by atoms with Gasteiger partial charge in [0.15, 0.2) is 0 Å². The Bertz CT molecular complexity index is 625. The van der Waals surface area contributed by atoms with Gasteiger partial charge in [-0.3, -0.25) is 4.79 Å². The van der Waals surface area contributed by atoms with E-state index in [1.807, 2.05) is 6.07 Å². The molecule has 1 aliphatic rings. The Kier molecular flexibility index (Phi) is 2.05. The van der Waals surface area contributed by atoms with Crippen LogP contribution >= 0.6 is 0 Å². The zero-order valence-corrected chi connectivity index (χ0v) is 10.4. The molecule has 1 aliphatic heterocycles. The topological polar surface area (TPSA) is 34.0 Å². The molecule has 2 heterocycles. The van der Waals surface area contributed by atoms with Crippen molar-refractivity contribution in [2.45, 2.75) is 26.8 Å². The van der Waals surface area contributed by atoms with E-state index in [1.165, 1.54) is 22.0 Å². The van der Waals surface area contributed by atoms with Crippen LogP contribution in [0.15, 0.2) is 18.2 Å². The van der Waals surface area contributed by atoms with Crippen LogP contribution in [0.4, 0.5) is 0 Å². The first-order valence-electron chi connectivity index (χ1n) is 5.98. The van der Waals surface area contributed by atoms with Crippen LogP contribution in [0.5, 0.6) is 0 Å². The zero-order chi connectivity index (χ0) is 12.2. The number of nitrogens with one attached hydrogen (secondary N) is 1. The summed E-state index contributed by atoms with van der Waals surface area (Å²) in [6.07, 6.45) is 0. The molecule has 3 heteroatoms. The number of aromatic nitrogens is 1. The van der Waals surface area contributed by atoms with Crippen molar-refractivity contribution in [3.05, 3.63) is 35.0 Å². The highest BCUT2D eigenvalue weighted by molar-refractivity contribution is 6.00.